The molecular formula is C20H29F2N5O2. The van der Waals surface area contributed by atoms with E-state index in [0.29, 0.717) is 37.5 Å². The van der Waals surface area contributed by atoms with Gasteiger partial charge in [-0.05, 0) is 51.3 Å². The molecule has 1 aromatic rings. The Kier molecular flexibility index (Phi) is 7.53. The van der Waals surface area contributed by atoms with Crippen molar-refractivity contribution in [1.82, 2.24) is 20.9 Å². The first-order valence-corrected chi connectivity index (χ1v) is 9.85. The van der Waals surface area contributed by atoms with Crippen molar-refractivity contribution in [2.75, 3.05) is 19.6 Å². The van der Waals surface area contributed by atoms with Crippen molar-refractivity contribution in [2.45, 2.75) is 52.1 Å². The Bertz CT molecular complexity index is 786. The van der Waals surface area contributed by atoms with Crippen LogP contribution in [-0.2, 0) is 4.79 Å². The SMILES string of the molecule is CCNC(=NCCCN1C(=O)NC(C)(CC)C1=O)NC(C)c1ccc(F)c(F)c1. The van der Waals surface area contributed by atoms with Crippen molar-refractivity contribution in [3.8, 4) is 0 Å². The molecule has 0 aliphatic carbocycles. The molecule has 1 fully saturated rings. The zero-order chi connectivity index (χ0) is 21.6. The van der Waals surface area contributed by atoms with Gasteiger partial charge in [0.25, 0.3) is 5.91 Å². The van der Waals surface area contributed by atoms with Gasteiger partial charge in [-0.3, -0.25) is 14.7 Å². The Balaban J connectivity index is 1.93. The summed E-state index contributed by atoms with van der Waals surface area (Å²) in [5.74, 6) is -1.49. The monoisotopic (exact) mass is 409 g/mol. The molecule has 9 heteroatoms. The van der Waals surface area contributed by atoms with Gasteiger partial charge in [-0.15, -0.1) is 0 Å². The number of imide groups is 1. The lowest BCUT2D eigenvalue weighted by Crippen LogP contribution is -2.43. The van der Waals surface area contributed by atoms with E-state index < -0.39 is 17.2 Å². The number of hydrogen-bond donors (Lipinski definition) is 3. The summed E-state index contributed by atoms with van der Waals surface area (Å²) < 4.78 is 26.6. The maximum Gasteiger partial charge on any atom is 0.325 e. The van der Waals surface area contributed by atoms with Crippen LogP contribution in [0.25, 0.3) is 0 Å². The summed E-state index contributed by atoms with van der Waals surface area (Å²) in [5.41, 5.74) is -0.246. The normalized spacial score (nSPS) is 20.6. The smallest absolute Gasteiger partial charge is 0.325 e. The van der Waals surface area contributed by atoms with Crippen LogP contribution in [0, 0.1) is 11.6 Å². The summed E-state index contributed by atoms with van der Waals surface area (Å²) in [7, 11) is 0. The van der Waals surface area contributed by atoms with E-state index >= 15 is 0 Å². The Morgan fingerprint density at radius 3 is 2.59 bits per heavy atom. The van der Waals surface area contributed by atoms with Gasteiger partial charge < -0.3 is 16.0 Å². The first kappa shape index (κ1) is 22.6. The highest BCUT2D eigenvalue weighted by atomic mass is 19.2. The van der Waals surface area contributed by atoms with Gasteiger partial charge in [0.15, 0.2) is 17.6 Å². The van der Waals surface area contributed by atoms with E-state index in [4.69, 9.17) is 0 Å². The second kappa shape index (κ2) is 9.67. The molecule has 1 aliphatic rings. The number of guanidine groups is 1. The summed E-state index contributed by atoms with van der Waals surface area (Å²) in [6, 6.07) is 3.09. The predicted octanol–water partition coefficient (Wildman–Crippen LogP) is 2.69. The van der Waals surface area contributed by atoms with Crippen LogP contribution in [0.3, 0.4) is 0 Å². The minimum absolute atomic E-state index is 0.217. The third-order valence-electron chi connectivity index (χ3n) is 5.00. The van der Waals surface area contributed by atoms with Crippen molar-refractivity contribution in [3.63, 3.8) is 0 Å². The van der Waals surface area contributed by atoms with E-state index in [1.54, 1.807) is 6.92 Å². The van der Waals surface area contributed by atoms with Gasteiger partial charge in [-0.2, -0.15) is 0 Å². The maximum atomic E-state index is 13.5. The average molecular weight is 409 g/mol. The van der Waals surface area contributed by atoms with Crippen LogP contribution in [0.5, 0.6) is 0 Å². The molecule has 1 aliphatic heterocycles. The van der Waals surface area contributed by atoms with Crippen molar-refractivity contribution in [3.05, 3.63) is 35.4 Å². The summed E-state index contributed by atoms with van der Waals surface area (Å²) >= 11 is 0. The zero-order valence-corrected chi connectivity index (χ0v) is 17.3. The van der Waals surface area contributed by atoms with E-state index in [-0.39, 0.29) is 24.5 Å². The predicted molar refractivity (Wildman–Crippen MR) is 107 cm³/mol. The Morgan fingerprint density at radius 1 is 1.28 bits per heavy atom. The summed E-state index contributed by atoms with van der Waals surface area (Å²) in [6.45, 7) is 8.60. The van der Waals surface area contributed by atoms with Crippen LogP contribution in [0.2, 0.25) is 0 Å². The highest BCUT2D eigenvalue weighted by molar-refractivity contribution is 6.06. The second-order valence-electron chi connectivity index (χ2n) is 7.23. The summed E-state index contributed by atoms with van der Waals surface area (Å²) in [4.78, 5) is 30.1. The molecule has 0 aromatic heterocycles. The standard InChI is InChI=1S/C20H29F2N5O2/c1-5-20(4)17(28)27(19(29)26-20)11-7-10-24-18(23-6-2)25-13(3)14-8-9-15(21)16(22)12-14/h8-9,12-13H,5-7,10-11H2,1-4H3,(H,26,29)(H2,23,24,25). The minimum Gasteiger partial charge on any atom is -0.357 e. The Morgan fingerprint density at radius 2 is 2.00 bits per heavy atom. The van der Waals surface area contributed by atoms with E-state index in [9.17, 15) is 18.4 Å². The first-order chi connectivity index (χ1) is 13.7. The number of rotatable bonds is 8. The van der Waals surface area contributed by atoms with Gasteiger partial charge in [0, 0.05) is 19.6 Å². The molecule has 2 atom stereocenters. The van der Waals surface area contributed by atoms with Crippen LogP contribution >= 0.6 is 0 Å². The molecule has 2 rings (SSSR count). The van der Waals surface area contributed by atoms with E-state index in [1.807, 2.05) is 20.8 Å². The van der Waals surface area contributed by atoms with Gasteiger partial charge in [-0.1, -0.05) is 13.0 Å². The van der Waals surface area contributed by atoms with Crippen LogP contribution in [0.1, 0.15) is 52.1 Å². The Labute approximate surface area is 169 Å². The molecule has 3 N–H and O–H groups in total. The number of carbonyl (C=O) groups is 2. The molecule has 1 aromatic carbocycles. The number of nitrogens with zero attached hydrogens (tertiary/aromatic N) is 2. The van der Waals surface area contributed by atoms with Gasteiger partial charge in [0.1, 0.15) is 5.54 Å². The van der Waals surface area contributed by atoms with Crippen molar-refractivity contribution in [2.24, 2.45) is 4.99 Å². The largest absolute Gasteiger partial charge is 0.357 e. The highest BCUT2D eigenvalue weighted by Crippen LogP contribution is 2.21. The second-order valence-corrected chi connectivity index (χ2v) is 7.23. The lowest BCUT2D eigenvalue weighted by molar-refractivity contribution is -0.130. The van der Waals surface area contributed by atoms with Gasteiger partial charge in [0.2, 0.25) is 0 Å². The van der Waals surface area contributed by atoms with Crippen LogP contribution in [0.4, 0.5) is 13.6 Å². The third-order valence-corrected chi connectivity index (χ3v) is 5.00. The van der Waals surface area contributed by atoms with E-state index in [1.165, 1.54) is 11.0 Å². The molecule has 0 bridgehead atoms. The first-order valence-electron chi connectivity index (χ1n) is 9.85. The zero-order valence-electron chi connectivity index (χ0n) is 17.3. The molecule has 0 saturated carbocycles. The van der Waals surface area contributed by atoms with E-state index in [2.05, 4.69) is 20.9 Å². The fraction of sp³-hybridized carbons (Fsp3) is 0.550. The fourth-order valence-corrected chi connectivity index (χ4v) is 3.00. The maximum absolute atomic E-state index is 13.5. The van der Waals surface area contributed by atoms with Crippen molar-refractivity contribution in [1.29, 1.82) is 0 Å². The van der Waals surface area contributed by atoms with Crippen molar-refractivity contribution < 1.29 is 18.4 Å². The Hall–Kier alpha value is -2.71. The highest BCUT2D eigenvalue weighted by Gasteiger charge is 2.45. The quantitative estimate of drug-likeness (QED) is 0.267. The van der Waals surface area contributed by atoms with Gasteiger partial charge in [-0.25, -0.2) is 13.6 Å². The van der Waals surface area contributed by atoms with Crippen LogP contribution in [0.15, 0.2) is 23.2 Å². The number of hydrogen-bond acceptors (Lipinski definition) is 3. The molecule has 2 unspecified atom stereocenters. The number of amides is 3. The fourth-order valence-electron chi connectivity index (χ4n) is 3.00. The summed E-state index contributed by atoms with van der Waals surface area (Å²) in [5, 5.41) is 8.95. The lowest BCUT2D eigenvalue weighted by atomic mass is 9.99. The molecule has 3 amide bonds. The number of urea groups is 1. The topological polar surface area (TPSA) is 85.8 Å². The van der Waals surface area contributed by atoms with Crippen LogP contribution in [-0.4, -0.2) is 48.0 Å². The number of carbonyl (C=O) groups excluding carboxylic acids is 2. The molecule has 29 heavy (non-hydrogen) atoms. The average Bonchev–Trinajstić information content (AvgIpc) is 2.90. The molecule has 0 spiro atoms. The molecule has 0 radical (unpaired) electrons. The number of nitrogens with one attached hydrogen (secondary N) is 3. The molecule has 1 heterocycles. The molecular weight excluding hydrogens is 380 g/mol. The lowest BCUT2D eigenvalue weighted by Gasteiger charge is -2.19. The van der Waals surface area contributed by atoms with E-state index in [0.717, 1.165) is 12.1 Å². The van der Waals surface area contributed by atoms with Crippen LogP contribution < -0.4 is 16.0 Å². The van der Waals surface area contributed by atoms with Crippen molar-refractivity contribution >= 4 is 17.9 Å². The van der Waals surface area contributed by atoms with Gasteiger partial charge in [0.05, 0.1) is 6.04 Å². The molecule has 160 valence electrons. The summed E-state index contributed by atoms with van der Waals surface area (Å²) in [6.07, 6.45) is 1.04. The minimum atomic E-state index is -0.897. The number of halogens is 2. The molecule has 7 nitrogen and oxygen atoms in total. The van der Waals surface area contributed by atoms with Gasteiger partial charge >= 0.3 is 6.03 Å². The third kappa shape index (κ3) is 5.42. The molecule has 1 saturated heterocycles. The number of benzene rings is 1. The number of aliphatic imine (C=N–C) groups is 1.